The Bertz CT molecular complexity index is 841. The standard InChI is InChI=1S/C19H27N7O/c1-23-8-9-25(19(23)27)15-10-20-26(12-15)14-6-7-24(11-14)13-18-16-4-2-3-5-17(16)21-22-18/h10,12,14H,2-9,11,13H2,1H3,(H,21,22). The fraction of sp³-hybridized carbons (Fsp3) is 0.632. The number of nitrogens with zero attached hydrogens (tertiary/aromatic N) is 6. The van der Waals surface area contributed by atoms with E-state index in [0.29, 0.717) is 6.04 Å². The topological polar surface area (TPSA) is 73.3 Å². The fourth-order valence-corrected chi connectivity index (χ4v) is 4.62. The van der Waals surface area contributed by atoms with Gasteiger partial charge in [0, 0.05) is 51.7 Å². The summed E-state index contributed by atoms with van der Waals surface area (Å²) < 4.78 is 2.04. The van der Waals surface area contributed by atoms with Gasteiger partial charge in [-0.05, 0) is 37.7 Å². The van der Waals surface area contributed by atoms with E-state index >= 15 is 0 Å². The third-order valence-corrected chi connectivity index (χ3v) is 6.25. The van der Waals surface area contributed by atoms with Gasteiger partial charge in [-0.25, -0.2) is 4.79 Å². The Morgan fingerprint density at radius 2 is 2.11 bits per heavy atom. The lowest BCUT2D eigenvalue weighted by atomic mass is 9.96. The Hall–Kier alpha value is -2.35. The van der Waals surface area contributed by atoms with E-state index in [1.54, 1.807) is 4.90 Å². The largest absolute Gasteiger partial charge is 0.326 e. The molecule has 4 heterocycles. The van der Waals surface area contributed by atoms with Crippen molar-refractivity contribution in [3.05, 3.63) is 29.3 Å². The predicted molar refractivity (Wildman–Crippen MR) is 102 cm³/mol. The number of nitrogens with one attached hydrogen (secondary N) is 1. The van der Waals surface area contributed by atoms with Crippen LogP contribution in [0.2, 0.25) is 0 Å². The molecule has 2 fully saturated rings. The van der Waals surface area contributed by atoms with E-state index in [1.807, 2.05) is 29.0 Å². The van der Waals surface area contributed by atoms with Crippen LogP contribution >= 0.6 is 0 Å². The number of aromatic nitrogens is 4. The summed E-state index contributed by atoms with van der Waals surface area (Å²) in [6, 6.07) is 0.426. The van der Waals surface area contributed by atoms with Crippen molar-refractivity contribution in [1.29, 1.82) is 0 Å². The van der Waals surface area contributed by atoms with Crippen molar-refractivity contribution in [2.24, 2.45) is 0 Å². The number of anilines is 1. The highest BCUT2D eigenvalue weighted by Gasteiger charge is 2.30. The first kappa shape index (κ1) is 16.8. The Morgan fingerprint density at radius 1 is 1.22 bits per heavy atom. The summed E-state index contributed by atoms with van der Waals surface area (Å²) in [6.07, 6.45) is 9.80. The lowest BCUT2D eigenvalue weighted by molar-refractivity contribution is 0.229. The van der Waals surface area contributed by atoms with Crippen molar-refractivity contribution >= 4 is 11.7 Å². The van der Waals surface area contributed by atoms with Crippen molar-refractivity contribution in [3.63, 3.8) is 0 Å². The number of aromatic amines is 1. The maximum absolute atomic E-state index is 12.2. The third-order valence-electron chi connectivity index (χ3n) is 6.25. The molecule has 5 rings (SSSR count). The Balaban J connectivity index is 1.24. The molecule has 2 saturated heterocycles. The maximum atomic E-state index is 12.2. The lowest BCUT2D eigenvalue weighted by Crippen LogP contribution is -2.28. The summed E-state index contributed by atoms with van der Waals surface area (Å²) in [5, 5.41) is 12.4. The molecule has 0 bridgehead atoms. The number of urea groups is 1. The molecule has 1 N–H and O–H groups in total. The first-order chi connectivity index (χ1) is 13.2. The van der Waals surface area contributed by atoms with Crippen LogP contribution in [0.15, 0.2) is 12.4 Å². The number of rotatable bonds is 4. The van der Waals surface area contributed by atoms with Gasteiger partial charge in [0.05, 0.1) is 23.6 Å². The first-order valence-corrected chi connectivity index (χ1v) is 10.0. The van der Waals surface area contributed by atoms with Crippen LogP contribution in [0.5, 0.6) is 0 Å². The molecule has 1 unspecified atom stereocenters. The van der Waals surface area contributed by atoms with Gasteiger partial charge in [0.1, 0.15) is 0 Å². The molecule has 1 aliphatic carbocycles. The fourth-order valence-electron chi connectivity index (χ4n) is 4.62. The average molecular weight is 369 g/mol. The smallest absolute Gasteiger partial charge is 0.324 e. The summed E-state index contributed by atoms with van der Waals surface area (Å²) in [7, 11) is 1.84. The zero-order valence-electron chi connectivity index (χ0n) is 15.9. The first-order valence-electron chi connectivity index (χ1n) is 10.0. The Morgan fingerprint density at radius 3 is 2.96 bits per heavy atom. The molecule has 0 aromatic carbocycles. The van der Waals surface area contributed by atoms with E-state index < -0.39 is 0 Å². The van der Waals surface area contributed by atoms with E-state index in [4.69, 9.17) is 0 Å². The molecule has 2 amide bonds. The molecule has 2 aromatic heterocycles. The molecule has 1 atom stereocenters. The van der Waals surface area contributed by atoms with E-state index in [-0.39, 0.29) is 6.03 Å². The van der Waals surface area contributed by atoms with Gasteiger partial charge in [-0.1, -0.05) is 0 Å². The van der Waals surface area contributed by atoms with Crippen molar-refractivity contribution in [3.8, 4) is 0 Å². The molecule has 8 heteroatoms. The molecule has 2 aromatic rings. The Kier molecular flexibility index (Phi) is 4.15. The molecular formula is C19H27N7O. The van der Waals surface area contributed by atoms with Crippen molar-refractivity contribution in [2.45, 2.75) is 44.7 Å². The summed E-state index contributed by atoms with van der Waals surface area (Å²) in [5.41, 5.74) is 4.95. The number of carbonyl (C=O) groups excluding carboxylic acids is 1. The number of carbonyl (C=O) groups is 1. The van der Waals surface area contributed by atoms with Crippen LogP contribution in [0.25, 0.3) is 0 Å². The van der Waals surface area contributed by atoms with Gasteiger partial charge >= 0.3 is 6.03 Å². The molecule has 3 aliphatic rings. The summed E-state index contributed by atoms with van der Waals surface area (Å²) >= 11 is 0. The van der Waals surface area contributed by atoms with Gasteiger partial charge in [-0.2, -0.15) is 10.2 Å². The molecule has 144 valence electrons. The normalized spacial score (nSPS) is 23.4. The van der Waals surface area contributed by atoms with Gasteiger partial charge in [0.2, 0.25) is 0 Å². The highest BCUT2D eigenvalue weighted by molar-refractivity contribution is 5.93. The molecule has 27 heavy (non-hydrogen) atoms. The van der Waals surface area contributed by atoms with Gasteiger partial charge in [-0.15, -0.1) is 0 Å². The van der Waals surface area contributed by atoms with Gasteiger partial charge in [-0.3, -0.25) is 19.6 Å². The zero-order chi connectivity index (χ0) is 18.4. The second-order valence-electron chi connectivity index (χ2n) is 8.05. The highest BCUT2D eigenvalue weighted by atomic mass is 16.2. The van der Waals surface area contributed by atoms with Crippen LogP contribution < -0.4 is 4.90 Å². The van der Waals surface area contributed by atoms with Gasteiger partial charge < -0.3 is 4.90 Å². The van der Waals surface area contributed by atoms with Crippen LogP contribution in [0.4, 0.5) is 10.5 Å². The van der Waals surface area contributed by atoms with Gasteiger partial charge in [0.25, 0.3) is 0 Å². The number of fused-ring (bicyclic) bond motifs is 1. The minimum atomic E-state index is 0.0610. The van der Waals surface area contributed by atoms with Crippen molar-refractivity contribution < 1.29 is 4.79 Å². The van der Waals surface area contributed by atoms with Crippen LogP contribution in [0.3, 0.4) is 0 Å². The second-order valence-corrected chi connectivity index (χ2v) is 8.05. The van der Waals surface area contributed by atoms with Crippen LogP contribution in [0, 0.1) is 0 Å². The summed E-state index contributed by atoms with van der Waals surface area (Å²) in [6.45, 7) is 4.48. The van der Waals surface area contributed by atoms with E-state index in [0.717, 1.165) is 51.3 Å². The quantitative estimate of drug-likeness (QED) is 0.892. The third kappa shape index (κ3) is 3.01. The summed E-state index contributed by atoms with van der Waals surface area (Å²) in [5.74, 6) is 0. The number of H-pyrrole nitrogens is 1. The number of amides is 2. The second kappa shape index (κ2) is 6.67. The average Bonchev–Trinajstić information content (AvgIpc) is 3.45. The number of hydrogen-bond donors (Lipinski definition) is 1. The lowest BCUT2D eigenvalue weighted by Gasteiger charge is -2.17. The Labute approximate surface area is 159 Å². The van der Waals surface area contributed by atoms with Crippen LogP contribution in [-0.4, -0.2) is 69.0 Å². The predicted octanol–water partition coefficient (Wildman–Crippen LogP) is 1.80. The van der Waals surface area contributed by atoms with Crippen LogP contribution in [0.1, 0.15) is 42.3 Å². The van der Waals surface area contributed by atoms with E-state index in [2.05, 4.69) is 20.2 Å². The molecule has 8 nitrogen and oxygen atoms in total. The van der Waals surface area contributed by atoms with Crippen molar-refractivity contribution in [1.82, 2.24) is 29.8 Å². The van der Waals surface area contributed by atoms with Crippen LogP contribution in [-0.2, 0) is 19.4 Å². The molecule has 0 spiro atoms. The number of likely N-dealkylation sites (tertiary alicyclic amines) is 1. The van der Waals surface area contributed by atoms with E-state index in [1.165, 1.54) is 36.2 Å². The number of likely N-dealkylation sites (N-methyl/N-ethyl adjacent to an activating group) is 1. The molecular weight excluding hydrogens is 342 g/mol. The van der Waals surface area contributed by atoms with Crippen molar-refractivity contribution in [2.75, 3.05) is 38.1 Å². The maximum Gasteiger partial charge on any atom is 0.324 e. The summed E-state index contributed by atoms with van der Waals surface area (Å²) in [4.78, 5) is 18.2. The highest BCUT2D eigenvalue weighted by Crippen LogP contribution is 2.28. The SMILES string of the molecule is CN1CCN(c2cnn(C3CCN(Cc4n[nH]c5c4CCCC5)C3)c2)C1=O. The number of hydrogen-bond acceptors (Lipinski definition) is 4. The van der Waals surface area contributed by atoms with E-state index in [9.17, 15) is 4.79 Å². The number of aryl methyl sites for hydroxylation is 1. The zero-order valence-corrected chi connectivity index (χ0v) is 15.9. The minimum absolute atomic E-state index is 0.0610. The van der Waals surface area contributed by atoms with Gasteiger partial charge in [0.15, 0.2) is 0 Å². The minimum Gasteiger partial charge on any atom is -0.326 e. The molecule has 0 radical (unpaired) electrons. The molecule has 0 saturated carbocycles. The molecule has 2 aliphatic heterocycles. The monoisotopic (exact) mass is 369 g/mol.